The van der Waals surface area contributed by atoms with Crippen molar-refractivity contribution in [3.05, 3.63) is 135 Å². The van der Waals surface area contributed by atoms with E-state index in [1.807, 2.05) is 6.07 Å². The Kier molecular flexibility index (Phi) is 12.1. The summed E-state index contributed by atoms with van der Waals surface area (Å²) in [6, 6.07) is 26.9. The molecule has 0 saturated heterocycles. The summed E-state index contributed by atoms with van der Waals surface area (Å²) in [7, 11) is 0. The second-order valence-electron chi connectivity index (χ2n) is 14.9. The van der Waals surface area contributed by atoms with Gasteiger partial charge in [0.1, 0.15) is 0 Å². The van der Waals surface area contributed by atoms with Gasteiger partial charge in [0.05, 0.1) is 0 Å². The van der Waals surface area contributed by atoms with Gasteiger partial charge in [-0.1, -0.05) is 97.8 Å². The molecular weight excluding hydrogens is 679 g/mol. The Labute approximate surface area is 306 Å². The van der Waals surface area contributed by atoms with Gasteiger partial charge < -0.3 is 24.8 Å². The summed E-state index contributed by atoms with van der Waals surface area (Å²) in [6.45, 7) is 22.6. The van der Waals surface area contributed by atoms with Crippen LogP contribution in [0.15, 0.2) is 78.9 Å². The first-order chi connectivity index (χ1) is 20.6. The number of allylic oxidation sites excluding steroid dienone is 4. The average molecular weight is 727 g/mol. The Morgan fingerprint density at radius 1 is 0.826 bits per heavy atom. The zero-order chi connectivity index (χ0) is 32.0. The SMILES string of the molecule is CC1=[C-]C(C)(C)c2cc3c(cc21)-c1cc2c(cc1C3)C(C)(C)C=C2C.CCc1cc(C(C)(C)C)c[cH-]1.[Cl-].[Cl-].[Zr+2]=[CH]c1ccccc1. The van der Waals surface area contributed by atoms with Gasteiger partial charge in [0.2, 0.25) is 0 Å². The topological polar surface area (TPSA) is 0 Å². The predicted octanol–water partition coefficient (Wildman–Crippen LogP) is 5.11. The molecule has 0 saturated carbocycles. The molecule has 0 fully saturated rings. The standard InChI is InChI=1S/C25H25.C11H17.C7H6.2ClH.Zr/c1-14-12-24(3,4)22-8-16-7-17-9-23-19(15(2)13-25(23,5)6)11-21(17)20(16)10-18(14)22;1-5-9-6-7-10(8-9)11(2,3)4;1-7-5-3-2-4-6-7;;;/h8-12H,7H2,1-6H3;6-8H,5H2,1-4H3;1-6H;2*1H;/q2*-1;;;;+2/p-2. The molecule has 7 rings (SSSR count). The minimum atomic E-state index is 0. The van der Waals surface area contributed by atoms with Crippen LogP contribution in [0, 0.1) is 6.08 Å². The van der Waals surface area contributed by atoms with Crippen molar-refractivity contribution in [3.63, 3.8) is 0 Å². The van der Waals surface area contributed by atoms with Crippen LogP contribution in [0.5, 0.6) is 0 Å². The first-order valence-corrected chi connectivity index (χ1v) is 17.5. The summed E-state index contributed by atoms with van der Waals surface area (Å²) in [5, 5.41) is 0. The van der Waals surface area contributed by atoms with Gasteiger partial charge >= 0.3 is 63.8 Å². The Balaban J connectivity index is 0.000000229. The first kappa shape index (κ1) is 38.3. The molecule has 0 heterocycles. The van der Waals surface area contributed by atoms with Crippen LogP contribution in [0.25, 0.3) is 22.3 Å². The fourth-order valence-corrected chi connectivity index (χ4v) is 7.48. The molecule has 3 aliphatic rings. The van der Waals surface area contributed by atoms with Crippen LogP contribution < -0.4 is 24.8 Å². The summed E-state index contributed by atoms with van der Waals surface area (Å²) >= 11 is 1.46. The molecule has 0 radical (unpaired) electrons. The molecule has 0 amide bonds. The maximum absolute atomic E-state index is 3.65. The van der Waals surface area contributed by atoms with Crippen LogP contribution in [0.3, 0.4) is 0 Å². The average Bonchev–Trinajstić information content (AvgIpc) is 3.70. The number of halogens is 2. The van der Waals surface area contributed by atoms with Crippen molar-refractivity contribution in [1.82, 2.24) is 0 Å². The zero-order valence-electron chi connectivity index (χ0n) is 29.3. The number of benzene rings is 3. The minimum absolute atomic E-state index is 0. The predicted molar refractivity (Wildman–Crippen MR) is 188 cm³/mol. The van der Waals surface area contributed by atoms with Crippen LogP contribution in [0.4, 0.5) is 0 Å². The summed E-state index contributed by atoms with van der Waals surface area (Å²) in [4.78, 5) is 0. The fourth-order valence-electron chi connectivity index (χ4n) is 7.00. The Morgan fingerprint density at radius 3 is 1.91 bits per heavy atom. The van der Waals surface area contributed by atoms with Crippen molar-refractivity contribution in [1.29, 1.82) is 0 Å². The molecule has 240 valence electrons. The van der Waals surface area contributed by atoms with Gasteiger partial charge in [-0.2, -0.15) is 28.8 Å². The van der Waals surface area contributed by atoms with Crippen LogP contribution in [0.1, 0.15) is 119 Å². The Morgan fingerprint density at radius 2 is 1.41 bits per heavy atom. The van der Waals surface area contributed by atoms with Gasteiger partial charge in [0.15, 0.2) is 0 Å². The molecule has 0 atom stereocenters. The fraction of sp³-hybridized carbons (Fsp3) is 0.349. The van der Waals surface area contributed by atoms with E-state index in [9.17, 15) is 0 Å². The van der Waals surface area contributed by atoms with E-state index in [4.69, 9.17) is 0 Å². The van der Waals surface area contributed by atoms with Gasteiger partial charge in [0, 0.05) is 5.41 Å². The van der Waals surface area contributed by atoms with Crippen molar-refractivity contribution < 1.29 is 49.0 Å². The second-order valence-corrected chi connectivity index (χ2v) is 15.6. The molecule has 46 heavy (non-hydrogen) atoms. The number of rotatable bonds is 2. The van der Waals surface area contributed by atoms with E-state index in [2.05, 4.69) is 152 Å². The summed E-state index contributed by atoms with van der Waals surface area (Å²) in [5.74, 6) is 0. The molecule has 3 heteroatoms. The van der Waals surface area contributed by atoms with Crippen molar-refractivity contribution in [2.24, 2.45) is 0 Å². The summed E-state index contributed by atoms with van der Waals surface area (Å²) in [6.07, 6.45) is 8.28. The summed E-state index contributed by atoms with van der Waals surface area (Å²) < 4.78 is 2.17. The molecule has 3 aliphatic carbocycles. The van der Waals surface area contributed by atoms with E-state index in [1.165, 1.54) is 96.6 Å². The number of fused-ring (bicyclic) bond motifs is 5. The normalized spacial score (nSPS) is 15.6. The number of aryl methyl sites for hydroxylation is 1. The molecule has 0 aromatic heterocycles. The number of hydrogen-bond donors (Lipinski definition) is 0. The quantitative estimate of drug-likeness (QED) is 0.222. The van der Waals surface area contributed by atoms with Crippen LogP contribution in [-0.2, 0) is 53.3 Å². The molecule has 4 aromatic rings. The monoisotopic (exact) mass is 724 g/mol. The third kappa shape index (κ3) is 7.75. The van der Waals surface area contributed by atoms with E-state index in [1.54, 1.807) is 0 Å². The van der Waals surface area contributed by atoms with Crippen molar-refractivity contribution in [2.45, 2.75) is 98.3 Å². The van der Waals surface area contributed by atoms with E-state index in [0.717, 1.165) is 12.8 Å². The first-order valence-electron chi connectivity index (χ1n) is 16.1. The van der Waals surface area contributed by atoms with Crippen molar-refractivity contribution in [3.8, 4) is 11.1 Å². The third-order valence-electron chi connectivity index (χ3n) is 9.49. The van der Waals surface area contributed by atoms with Gasteiger partial charge in [0.25, 0.3) is 0 Å². The second kappa shape index (κ2) is 14.5. The van der Waals surface area contributed by atoms with E-state index < -0.39 is 0 Å². The molecule has 0 N–H and O–H groups in total. The molecular formula is C43H48Cl2Zr-2. The van der Waals surface area contributed by atoms with E-state index in [-0.39, 0.29) is 35.6 Å². The Bertz CT molecular complexity index is 1690. The summed E-state index contributed by atoms with van der Waals surface area (Å²) in [5.41, 5.74) is 19.1. The number of hydrogen-bond acceptors (Lipinski definition) is 0. The van der Waals surface area contributed by atoms with Crippen LogP contribution in [0.2, 0.25) is 0 Å². The van der Waals surface area contributed by atoms with E-state index >= 15 is 0 Å². The zero-order valence-corrected chi connectivity index (χ0v) is 33.2. The van der Waals surface area contributed by atoms with Crippen molar-refractivity contribution in [2.75, 3.05) is 0 Å². The molecule has 0 bridgehead atoms. The molecule has 0 unspecified atom stereocenters. The van der Waals surface area contributed by atoms with Crippen LogP contribution >= 0.6 is 0 Å². The van der Waals surface area contributed by atoms with Gasteiger partial charge in [-0.15, -0.1) is 11.6 Å². The van der Waals surface area contributed by atoms with Gasteiger partial charge in [-0.05, 0) is 58.4 Å². The molecule has 0 spiro atoms. The van der Waals surface area contributed by atoms with E-state index in [0.29, 0.717) is 5.41 Å². The van der Waals surface area contributed by atoms with Crippen molar-refractivity contribution >= 4 is 14.9 Å². The Hall–Kier alpha value is -2.18. The molecule has 0 nitrogen and oxygen atoms in total. The van der Waals surface area contributed by atoms with Crippen LogP contribution in [-0.4, -0.2) is 3.71 Å². The molecule has 4 aromatic carbocycles. The van der Waals surface area contributed by atoms with Gasteiger partial charge in [-0.3, -0.25) is 6.08 Å². The maximum atomic E-state index is 3.65. The van der Waals surface area contributed by atoms with Gasteiger partial charge in [-0.25, -0.2) is 11.6 Å². The third-order valence-corrected chi connectivity index (χ3v) is 10.3. The molecule has 0 aliphatic heterocycles.